The van der Waals surface area contributed by atoms with E-state index >= 15 is 0 Å². The van der Waals surface area contributed by atoms with Crippen LogP contribution in [0.5, 0.6) is 0 Å². The largest absolute Gasteiger partial charge is 0.310 e. The monoisotopic (exact) mass is 284 g/mol. The summed E-state index contributed by atoms with van der Waals surface area (Å²) in [6, 6.07) is 5.66. The predicted molar refractivity (Wildman–Crippen MR) is 78.0 cm³/mol. The average molecular weight is 285 g/mol. The molecule has 1 unspecified atom stereocenters. The van der Waals surface area contributed by atoms with Crippen LogP contribution in [0.15, 0.2) is 18.2 Å². The number of halogens is 2. The molecular formula is C15H22ClFN2. The van der Waals surface area contributed by atoms with Crippen LogP contribution < -0.4 is 5.32 Å². The van der Waals surface area contributed by atoms with Gasteiger partial charge in [-0.25, -0.2) is 4.39 Å². The van der Waals surface area contributed by atoms with Gasteiger partial charge < -0.3 is 5.32 Å². The Bertz CT molecular complexity index is 448. The summed E-state index contributed by atoms with van der Waals surface area (Å²) in [6.45, 7) is 9.09. The van der Waals surface area contributed by atoms with Crippen LogP contribution in [0.25, 0.3) is 0 Å². The van der Waals surface area contributed by atoms with Crippen LogP contribution in [-0.4, -0.2) is 29.6 Å². The Kier molecular flexibility index (Phi) is 4.49. The third-order valence-electron chi connectivity index (χ3n) is 3.79. The summed E-state index contributed by atoms with van der Waals surface area (Å²) in [6.07, 6.45) is 1.08. The number of nitrogens with zero attached hydrogens (tertiary/aromatic N) is 1. The summed E-state index contributed by atoms with van der Waals surface area (Å²) in [5, 5.41) is 3.74. The molecule has 0 amide bonds. The Morgan fingerprint density at radius 1 is 1.47 bits per heavy atom. The zero-order valence-electron chi connectivity index (χ0n) is 11.8. The molecule has 1 aliphatic rings. The maximum absolute atomic E-state index is 14.0. The van der Waals surface area contributed by atoms with Crippen molar-refractivity contribution in [3.05, 3.63) is 34.6 Å². The Hall–Kier alpha value is -0.640. The lowest BCUT2D eigenvalue weighted by Crippen LogP contribution is -2.47. The fraction of sp³-hybridized carbons (Fsp3) is 0.600. The van der Waals surface area contributed by atoms with Crippen LogP contribution in [0.3, 0.4) is 0 Å². The Balaban J connectivity index is 2.18. The minimum Gasteiger partial charge on any atom is -0.310 e. The number of nitrogens with one attached hydrogen (secondary N) is 1. The third-order valence-corrected chi connectivity index (χ3v) is 4.08. The van der Waals surface area contributed by atoms with E-state index in [4.69, 9.17) is 11.6 Å². The summed E-state index contributed by atoms with van der Waals surface area (Å²) >= 11 is 5.85. The number of rotatable bonds is 2. The van der Waals surface area contributed by atoms with Gasteiger partial charge in [0.2, 0.25) is 0 Å². The second-order valence-electron chi connectivity index (χ2n) is 6.07. The van der Waals surface area contributed by atoms with E-state index in [0.717, 1.165) is 19.5 Å². The van der Waals surface area contributed by atoms with Gasteiger partial charge in [0.05, 0.1) is 5.02 Å². The molecule has 0 aliphatic carbocycles. The number of hydrogen-bond acceptors (Lipinski definition) is 2. The Morgan fingerprint density at radius 3 is 2.95 bits per heavy atom. The molecule has 1 fully saturated rings. The van der Waals surface area contributed by atoms with Gasteiger partial charge in [-0.2, -0.15) is 0 Å². The van der Waals surface area contributed by atoms with Crippen molar-refractivity contribution in [2.75, 3.05) is 13.1 Å². The molecule has 1 aromatic carbocycles. The first-order valence-corrected chi connectivity index (χ1v) is 7.19. The maximum atomic E-state index is 14.0. The van der Waals surface area contributed by atoms with Crippen molar-refractivity contribution in [3.63, 3.8) is 0 Å². The molecule has 1 atom stereocenters. The van der Waals surface area contributed by atoms with Crippen LogP contribution in [0.1, 0.15) is 32.8 Å². The summed E-state index contributed by atoms with van der Waals surface area (Å²) < 4.78 is 14.0. The molecule has 1 aromatic rings. The summed E-state index contributed by atoms with van der Waals surface area (Å²) in [4.78, 5) is 2.33. The fourth-order valence-electron chi connectivity index (χ4n) is 2.62. The van der Waals surface area contributed by atoms with E-state index in [1.165, 1.54) is 0 Å². The SMILES string of the molecule is CC1CCNC(C)(C)CN1Cc1cccc(Cl)c1F. The van der Waals surface area contributed by atoms with Crippen LogP contribution in [-0.2, 0) is 6.54 Å². The van der Waals surface area contributed by atoms with Crippen LogP contribution in [0, 0.1) is 5.82 Å². The summed E-state index contributed by atoms with van der Waals surface area (Å²) in [7, 11) is 0. The van der Waals surface area contributed by atoms with Gasteiger partial charge in [-0.05, 0) is 39.8 Å². The van der Waals surface area contributed by atoms with Gasteiger partial charge >= 0.3 is 0 Å². The molecule has 106 valence electrons. The highest BCUT2D eigenvalue weighted by molar-refractivity contribution is 6.30. The van der Waals surface area contributed by atoms with E-state index in [2.05, 4.69) is 31.0 Å². The second-order valence-corrected chi connectivity index (χ2v) is 6.47. The highest BCUT2D eigenvalue weighted by atomic mass is 35.5. The molecule has 2 nitrogen and oxygen atoms in total. The molecule has 0 spiro atoms. The van der Waals surface area contributed by atoms with Gasteiger partial charge in [0.25, 0.3) is 0 Å². The van der Waals surface area contributed by atoms with Crippen LogP contribution in [0.2, 0.25) is 5.02 Å². The lowest BCUT2D eigenvalue weighted by Gasteiger charge is -2.33. The van der Waals surface area contributed by atoms with E-state index < -0.39 is 0 Å². The maximum Gasteiger partial charge on any atom is 0.146 e. The van der Waals surface area contributed by atoms with Crippen LogP contribution >= 0.6 is 11.6 Å². The lowest BCUT2D eigenvalue weighted by molar-refractivity contribution is 0.171. The first kappa shape index (κ1) is 14.8. The zero-order chi connectivity index (χ0) is 14.0. The molecular weight excluding hydrogens is 263 g/mol. The molecule has 4 heteroatoms. The third kappa shape index (κ3) is 3.68. The smallest absolute Gasteiger partial charge is 0.146 e. The number of hydrogen-bond donors (Lipinski definition) is 1. The van der Waals surface area contributed by atoms with Crippen molar-refractivity contribution >= 4 is 11.6 Å². The van der Waals surface area contributed by atoms with Gasteiger partial charge in [-0.1, -0.05) is 23.7 Å². The average Bonchev–Trinajstić information content (AvgIpc) is 2.45. The van der Waals surface area contributed by atoms with Gasteiger partial charge in [0.15, 0.2) is 0 Å². The first-order valence-electron chi connectivity index (χ1n) is 6.81. The molecule has 0 saturated carbocycles. The molecule has 1 saturated heterocycles. The van der Waals surface area contributed by atoms with E-state index in [9.17, 15) is 4.39 Å². The van der Waals surface area contributed by atoms with Crippen molar-refractivity contribution in [1.29, 1.82) is 0 Å². The normalized spacial score (nSPS) is 24.2. The minimum absolute atomic E-state index is 0.0554. The van der Waals surface area contributed by atoms with Crippen molar-refractivity contribution in [2.24, 2.45) is 0 Å². The van der Waals surface area contributed by atoms with Crippen molar-refractivity contribution in [3.8, 4) is 0 Å². The quantitative estimate of drug-likeness (QED) is 0.895. The first-order chi connectivity index (χ1) is 8.89. The van der Waals surface area contributed by atoms with Crippen molar-refractivity contribution < 1.29 is 4.39 Å². The molecule has 0 radical (unpaired) electrons. The topological polar surface area (TPSA) is 15.3 Å². The highest BCUT2D eigenvalue weighted by Crippen LogP contribution is 2.23. The second kappa shape index (κ2) is 5.78. The van der Waals surface area contributed by atoms with E-state index in [1.54, 1.807) is 6.07 Å². The number of benzene rings is 1. The van der Waals surface area contributed by atoms with Gasteiger partial charge in [-0.15, -0.1) is 0 Å². The van der Waals surface area contributed by atoms with E-state index in [0.29, 0.717) is 18.2 Å². The molecule has 2 rings (SSSR count). The predicted octanol–water partition coefficient (Wildman–Crippen LogP) is 3.44. The lowest BCUT2D eigenvalue weighted by atomic mass is 10.0. The van der Waals surface area contributed by atoms with Gasteiger partial charge in [0, 0.05) is 30.2 Å². The molecule has 1 heterocycles. The van der Waals surface area contributed by atoms with E-state index in [1.807, 2.05) is 12.1 Å². The molecule has 1 aliphatic heterocycles. The molecule has 19 heavy (non-hydrogen) atoms. The van der Waals surface area contributed by atoms with Crippen LogP contribution in [0.4, 0.5) is 4.39 Å². The zero-order valence-corrected chi connectivity index (χ0v) is 12.6. The van der Waals surface area contributed by atoms with Gasteiger partial charge in [0.1, 0.15) is 5.82 Å². The summed E-state index contributed by atoms with van der Waals surface area (Å²) in [5.74, 6) is -0.286. The molecule has 0 bridgehead atoms. The fourth-order valence-corrected chi connectivity index (χ4v) is 2.82. The molecule has 0 aromatic heterocycles. The van der Waals surface area contributed by atoms with Crippen molar-refractivity contribution in [2.45, 2.75) is 45.3 Å². The minimum atomic E-state index is -0.286. The Morgan fingerprint density at radius 2 is 2.21 bits per heavy atom. The molecule has 1 N–H and O–H groups in total. The summed E-state index contributed by atoms with van der Waals surface area (Å²) in [5.41, 5.74) is 0.733. The standard InChI is InChI=1S/C15H22ClFN2/c1-11-7-8-18-15(2,3)10-19(11)9-12-5-4-6-13(16)14(12)17/h4-6,11,18H,7-10H2,1-3H3. The Labute approximate surface area is 119 Å². The van der Waals surface area contributed by atoms with Gasteiger partial charge in [-0.3, -0.25) is 4.90 Å². The van der Waals surface area contributed by atoms with Crippen molar-refractivity contribution in [1.82, 2.24) is 10.2 Å². The van der Waals surface area contributed by atoms with E-state index in [-0.39, 0.29) is 16.4 Å². The highest BCUT2D eigenvalue weighted by Gasteiger charge is 2.28.